The van der Waals surface area contributed by atoms with E-state index in [4.69, 9.17) is 9.47 Å². The molecule has 0 saturated carbocycles. The molecule has 0 N–H and O–H groups in total. The summed E-state index contributed by atoms with van der Waals surface area (Å²) in [6.45, 7) is 7.76. The largest absolute Gasteiger partial charge is 0.474 e. The van der Waals surface area contributed by atoms with Crippen molar-refractivity contribution in [2.75, 3.05) is 24.6 Å². The van der Waals surface area contributed by atoms with Crippen molar-refractivity contribution in [2.45, 2.75) is 39.7 Å². The van der Waals surface area contributed by atoms with Gasteiger partial charge in [-0.2, -0.15) is 4.98 Å². The molecule has 6 nitrogen and oxygen atoms in total. The predicted octanol–water partition coefficient (Wildman–Crippen LogP) is 2.04. The minimum absolute atomic E-state index is 0.00394. The predicted molar refractivity (Wildman–Crippen MR) is 79.4 cm³/mol. The van der Waals surface area contributed by atoms with Gasteiger partial charge in [-0.3, -0.25) is 9.78 Å². The van der Waals surface area contributed by atoms with Crippen LogP contribution in [-0.2, 0) is 9.53 Å². The molecule has 2 heterocycles. The van der Waals surface area contributed by atoms with E-state index in [1.165, 1.54) is 0 Å². The van der Waals surface area contributed by atoms with Gasteiger partial charge in [0, 0.05) is 13.1 Å². The Kier molecular flexibility index (Phi) is 5.36. The van der Waals surface area contributed by atoms with Crippen molar-refractivity contribution in [1.29, 1.82) is 0 Å². The summed E-state index contributed by atoms with van der Waals surface area (Å²) in [4.78, 5) is 22.5. The molecule has 0 spiro atoms. The van der Waals surface area contributed by atoms with Crippen molar-refractivity contribution in [2.24, 2.45) is 5.92 Å². The highest BCUT2D eigenvalue weighted by molar-refractivity contribution is 5.72. The number of carbonyl (C=O) groups excluding carboxylic acids is 1. The van der Waals surface area contributed by atoms with E-state index in [0.717, 1.165) is 31.7 Å². The van der Waals surface area contributed by atoms with Gasteiger partial charge in [-0.25, -0.2) is 0 Å². The molecule has 1 saturated heterocycles. The van der Waals surface area contributed by atoms with Crippen molar-refractivity contribution in [3.05, 3.63) is 12.4 Å². The van der Waals surface area contributed by atoms with Gasteiger partial charge in [0.25, 0.3) is 0 Å². The first kappa shape index (κ1) is 15.5. The zero-order valence-electron chi connectivity index (χ0n) is 12.9. The first-order valence-corrected chi connectivity index (χ1v) is 7.50. The molecule has 0 radical (unpaired) electrons. The summed E-state index contributed by atoms with van der Waals surface area (Å²) in [5.74, 6) is 1.26. The molecule has 0 aromatic carbocycles. The second-order valence-electron chi connectivity index (χ2n) is 5.40. The third-order valence-electron chi connectivity index (χ3n) is 3.40. The van der Waals surface area contributed by atoms with Gasteiger partial charge in [0.05, 0.1) is 31.0 Å². The summed E-state index contributed by atoms with van der Waals surface area (Å²) >= 11 is 0. The Labute approximate surface area is 125 Å². The summed E-state index contributed by atoms with van der Waals surface area (Å²) in [6.07, 6.45) is 5.00. The second kappa shape index (κ2) is 7.24. The fraction of sp³-hybridized carbons (Fsp3) is 0.667. The number of aromatic nitrogens is 2. The van der Waals surface area contributed by atoms with E-state index in [9.17, 15) is 4.79 Å². The molecule has 1 aliphatic rings. The SMILES string of the molecule is CCOC(=O)C1CCN(c2cncc(OC(C)C)n2)CC1. The van der Waals surface area contributed by atoms with Gasteiger partial charge < -0.3 is 14.4 Å². The van der Waals surface area contributed by atoms with E-state index in [-0.39, 0.29) is 18.0 Å². The number of hydrogen-bond donors (Lipinski definition) is 0. The summed E-state index contributed by atoms with van der Waals surface area (Å²) in [7, 11) is 0. The Bertz CT molecular complexity index is 471. The number of nitrogens with zero attached hydrogens (tertiary/aromatic N) is 3. The Balaban J connectivity index is 1.94. The van der Waals surface area contributed by atoms with Gasteiger partial charge in [-0.1, -0.05) is 0 Å². The molecule has 0 atom stereocenters. The first-order valence-electron chi connectivity index (χ1n) is 7.50. The quantitative estimate of drug-likeness (QED) is 0.774. The van der Waals surface area contributed by atoms with Gasteiger partial charge in [0.2, 0.25) is 5.88 Å². The molecule has 1 aromatic heterocycles. The topological polar surface area (TPSA) is 64.5 Å². The third-order valence-corrected chi connectivity index (χ3v) is 3.40. The fourth-order valence-corrected chi connectivity index (χ4v) is 2.39. The maximum absolute atomic E-state index is 11.7. The number of hydrogen-bond acceptors (Lipinski definition) is 6. The highest BCUT2D eigenvalue weighted by Crippen LogP contribution is 2.23. The van der Waals surface area contributed by atoms with Crippen LogP contribution in [0.2, 0.25) is 0 Å². The molecule has 2 rings (SSSR count). The van der Waals surface area contributed by atoms with Crippen LogP contribution < -0.4 is 9.64 Å². The Hall–Kier alpha value is -1.85. The van der Waals surface area contributed by atoms with Gasteiger partial charge in [-0.15, -0.1) is 0 Å². The zero-order chi connectivity index (χ0) is 15.2. The van der Waals surface area contributed by atoms with Crippen LogP contribution in [0.5, 0.6) is 5.88 Å². The molecule has 0 unspecified atom stereocenters. The lowest BCUT2D eigenvalue weighted by atomic mass is 9.97. The summed E-state index contributed by atoms with van der Waals surface area (Å²) in [6, 6.07) is 0. The van der Waals surface area contributed by atoms with Crippen LogP contribution in [0.3, 0.4) is 0 Å². The van der Waals surface area contributed by atoms with Crippen molar-refractivity contribution in [3.8, 4) is 5.88 Å². The summed E-state index contributed by atoms with van der Waals surface area (Å²) in [5.41, 5.74) is 0. The lowest BCUT2D eigenvalue weighted by molar-refractivity contribution is -0.148. The average Bonchev–Trinajstić information content (AvgIpc) is 2.47. The molecule has 0 bridgehead atoms. The van der Waals surface area contributed by atoms with E-state index in [1.807, 2.05) is 20.8 Å². The molecule has 1 aromatic rings. The fourth-order valence-electron chi connectivity index (χ4n) is 2.39. The van der Waals surface area contributed by atoms with E-state index >= 15 is 0 Å². The van der Waals surface area contributed by atoms with Gasteiger partial charge in [-0.05, 0) is 33.6 Å². The van der Waals surface area contributed by atoms with Crippen molar-refractivity contribution >= 4 is 11.8 Å². The van der Waals surface area contributed by atoms with Gasteiger partial charge in [0.15, 0.2) is 5.82 Å². The molecule has 6 heteroatoms. The van der Waals surface area contributed by atoms with Crippen LogP contribution in [0.15, 0.2) is 12.4 Å². The van der Waals surface area contributed by atoms with Crippen LogP contribution in [0, 0.1) is 5.92 Å². The number of esters is 1. The zero-order valence-corrected chi connectivity index (χ0v) is 12.9. The number of rotatable bonds is 5. The van der Waals surface area contributed by atoms with E-state index < -0.39 is 0 Å². The second-order valence-corrected chi connectivity index (χ2v) is 5.40. The van der Waals surface area contributed by atoms with Crippen molar-refractivity contribution in [1.82, 2.24) is 9.97 Å². The smallest absolute Gasteiger partial charge is 0.309 e. The lowest BCUT2D eigenvalue weighted by Gasteiger charge is -2.31. The number of carbonyl (C=O) groups is 1. The van der Waals surface area contributed by atoms with Crippen molar-refractivity contribution < 1.29 is 14.3 Å². The first-order chi connectivity index (χ1) is 10.1. The van der Waals surface area contributed by atoms with Crippen LogP contribution in [0.4, 0.5) is 5.82 Å². The van der Waals surface area contributed by atoms with E-state index in [2.05, 4.69) is 14.9 Å². The molecule has 1 fully saturated rings. The minimum atomic E-state index is -0.0832. The van der Waals surface area contributed by atoms with Crippen LogP contribution in [0.25, 0.3) is 0 Å². The van der Waals surface area contributed by atoms with E-state index in [0.29, 0.717) is 12.5 Å². The molecular formula is C15H23N3O3. The molecular weight excluding hydrogens is 270 g/mol. The maximum Gasteiger partial charge on any atom is 0.309 e. The Morgan fingerprint density at radius 1 is 1.38 bits per heavy atom. The minimum Gasteiger partial charge on any atom is -0.474 e. The highest BCUT2D eigenvalue weighted by atomic mass is 16.5. The Morgan fingerprint density at radius 2 is 2.10 bits per heavy atom. The number of ether oxygens (including phenoxy) is 2. The summed E-state index contributed by atoms with van der Waals surface area (Å²) in [5, 5.41) is 0. The molecule has 116 valence electrons. The average molecular weight is 293 g/mol. The maximum atomic E-state index is 11.7. The van der Waals surface area contributed by atoms with Crippen LogP contribution in [-0.4, -0.2) is 41.7 Å². The van der Waals surface area contributed by atoms with Gasteiger partial charge in [0.1, 0.15) is 0 Å². The molecule has 0 aliphatic carbocycles. The standard InChI is InChI=1S/C15H23N3O3/c1-4-20-15(19)12-5-7-18(8-6-12)13-9-16-10-14(17-13)21-11(2)3/h9-12H,4-8H2,1-3H3. The van der Waals surface area contributed by atoms with Gasteiger partial charge >= 0.3 is 5.97 Å². The summed E-state index contributed by atoms with van der Waals surface area (Å²) < 4.78 is 10.6. The Morgan fingerprint density at radius 3 is 2.71 bits per heavy atom. The normalized spacial score (nSPS) is 16.1. The monoisotopic (exact) mass is 293 g/mol. The lowest BCUT2D eigenvalue weighted by Crippen LogP contribution is -2.37. The van der Waals surface area contributed by atoms with Crippen LogP contribution in [0.1, 0.15) is 33.6 Å². The van der Waals surface area contributed by atoms with Crippen molar-refractivity contribution in [3.63, 3.8) is 0 Å². The van der Waals surface area contributed by atoms with Crippen LogP contribution >= 0.6 is 0 Å². The third kappa shape index (κ3) is 4.31. The van der Waals surface area contributed by atoms with E-state index in [1.54, 1.807) is 12.4 Å². The number of piperidine rings is 1. The highest BCUT2D eigenvalue weighted by Gasteiger charge is 2.26. The molecule has 21 heavy (non-hydrogen) atoms. The molecule has 1 aliphatic heterocycles. The number of anilines is 1. The molecule has 0 amide bonds.